The standard InChI is InChI=1S/C16H11FN2OS2/c17-12-5-3-11(4-6-12)16(20)19-18-10-13-7-8-15(22-13)14-2-1-9-21-14/h1-10H,(H,19,20)/b18-10-. The predicted molar refractivity (Wildman–Crippen MR) is 89.1 cm³/mol. The average Bonchev–Trinajstić information content (AvgIpc) is 3.19. The van der Waals surface area contributed by atoms with Crippen molar-refractivity contribution in [2.45, 2.75) is 0 Å². The molecule has 3 rings (SSSR count). The van der Waals surface area contributed by atoms with Gasteiger partial charge in [0.1, 0.15) is 5.82 Å². The molecule has 2 aromatic heterocycles. The molecule has 0 unspecified atom stereocenters. The fourth-order valence-corrected chi connectivity index (χ4v) is 3.51. The van der Waals surface area contributed by atoms with E-state index in [1.807, 2.05) is 23.6 Å². The highest BCUT2D eigenvalue weighted by Crippen LogP contribution is 2.30. The van der Waals surface area contributed by atoms with E-state index in [4.69, 9.17) is 0 Å². The van der Waals surface area contributed by atoms with Gasteiger partial charge in [0.25, 0.3) is 5.91 Å². The van der Waals surface area contributed by atoms with Gasteiger partial charge >= 0.3 is 0 Å². The Morgan fingerprint density at radius 2 is 1.91 bits per heavy atom. The van der Waals surface area contributed by atoms with Crippen molar-refractivity contribution in [1.82, 2.24) is 5.43 Å². The maximum absolute atomic E-state index is 12.8. The number of nitrogens with zero attached hydrogens (tertiary/aromatic N) is 1. The number of hydrazone groups is 1. The second kappa shape index (κ2) is 6.64. The van der Waals surface area contributed by atoms with Crippen molar-refractivity contribution in [3.8, 4) is 9.75 Å². The molecule has 6 heteroatoms. The van der Waals surface area contributed by atoms with Crippen LogP contribution in [0.2, 0.25) is 0 Å². The van der Waals surface area contributed by atoms with Crippen LogP contribution in [0.3, 0.4) is 0 Å². The van der Waals surface area contributed by atoms with Gasteiger partial charge in [0.2, 0.25) is 0 Å². The van der Waals surface area contributed by atoms with Crippen molar-refractivity contribution in [2.75, 3.05) is 0 Å². The second-order valence-corrected chi connectivity index (χ2v) is 6.45. The number of halogens is 1. The van der Waals surface area contributed by atoms with E-state index in [0.717, 1.165) is 4.88 Å². The molecular weight excluding hydrogens is 319 g/mol. The number of benzene rings is 1. The molecule has 3 nitrogen and oxygen atoms in total. The van der Waals surface area contributed by atoms with Gasteiger partial charge in [0.15, 0.2) is 0 Å². The minimum absolute atomic E-state index is 0.365. The Kier molecular flexibility index (Phi) is 4.41. The van der Waals surface area contributed by atoms with E-state index in [9.17, 15) is 9.18 Å². The molecule has 2 heterocycles. The van der Waals surface area contributed by atoms with Crippen LogP contribution in [0.4, 0.5) is 4.39 Å². The van der Waals surface area contributed by atoms with E-state index in [1.165, 1.54) is 34.0 Å². The van der Waals surface area contributed by atoms with Crippen molar-refractivity contribution in [1.29, 1.82) is 0 Å². The van der Waals surface area contributed by atoms with Crippen LogP contribution in [0, 0.1) is 5.82 Å². The van der Waals surface area contributed by atoms with Gasteiger partial charge in [0.05, 0.1) is 6.21 Å². The van der Waals surface area contributed by atoms with Gasteiger partial charge < -0.3 is 0 Å². The van der Waals surface area contributed by atoms with Gasteiger partial charge in [-0.15, -0.1) is 22.7 Å². The van der Waals surface area contributed by atoms with Gasteiger partial charge in [-0.1, -0.05) is 6.07 Å². The molecule has 0 radical (unpaired) electrons. The largest absolute Gasteiger partial charge is 0.271 e. The Hall–Kier alpha value is -2.31. The third-order valence-electron chi connectivity index (χ3n) is 2.86. The van der Waals surface area contributed by atoms with Gasteiger partial charge in [0, 0.05) is 20.2 Å². The molecule has 3 aromatic rings. The lowest BCUT2D eigenvalue weighted by Gasteiger charge is -1.98. The van der Waals surface area contributed by atoms with E-state index in [2.05, 4.69) is 16.6 Å². The molecule has 0 aliphatic rings. The van der Waals surface area contributed by atoms with Crippen molar-refractivity contribution >= 4 is 34.8 Å². The predicted octanol–water partition coefficient (Wildman–Crippen LogP) is 4.38. The van der Waals surface area contributed by atoms with Crippen LogP contribution in [-0.2, 0) is 0 Å². The normalized spacial score (nSPS) is 11.0. The summed E-state index contributed by atoms with van der Waals surface area (Å²) in [7, 11) is 0. The molecule has 0 spiro atoms. The monoisotopic (exact) mass is 330 g/mol. The maximum atomic E-state index is 12.8. The summed E-state index contributed by atoms with van der Waals surface area (Å²) in [5.74, 6) is -0.744. The lowest BCUT2D eigenvalue weighted by Crippen LogP contribution is -2.17. The smallest absolute Gasteiger partial charge is 0.267 e. The molecular formula is C16H11FN2OS2. The number of carbonyl (C=O) groups is 1. The summed E-state index contributed by atoms with van der Waals surface area (Å²) >= 11 is 3.28. The summed E-state index contributed by atoms with van der Waals surface area (Å²) in [4.78, 5) is 15.1. The van der Waals surface area contributed by atoms with E-state index in [0.29, 0.717) is 5.56 Å². The summed E-state index contributed by atoms with van der Waals surface area (Å²) in [6, 6.07) is 13.4. The Labute approximate surface area is 134 Å². The molecule has 0 saturated carbocycles. The summed E-state index contributed by atoms with van der Waals surface area (Å²) in [6.45, 7) is 0. The molecule has 0 saturated heterocycles. The van der Waals surface area contributed by atoms with Gasteiger partial charge in [-0.05, 0) is 47.8 Å². The molecule has 0 fully saturated rings. The first-order valence-electron chi connectivity index (χ1n) is 6.45. The van der Waals surface area contributed by atoms with E-state index >= 15 is 0 Å². The number of rotatable bonds is 4. The number of nitrogens with one attached hydrogen (secondary N) is 1. The molecule has 1 amide bonds. The van der Waals surface area contributed by atoms with E-state index < -0.39 is 0 Å². The highest BCUT2D eigenvalue weighted by Gasteiger charge is 2.04. The molecule has 0 aliphatic heterocycles. The van der Waals surface area contributed by atoms with E-state index in [1.54, 1.807) is 28.9 Å². The zero-order chi connectivity index (χ0) is 15.4. The highest BCUT2D eigenvalue weighted by molar-refractivity contribution is 7.22. The van der Waals surface area contributed by atoms with Crippen molar-refractivity contribution in [3.05, 3.63) is 70.2 Å². The van der Waals surface area contributed by atoms with Crippen LogP contribution in [0.15, 0.2) is 59.0 Å². The fourth-order valence-electron chi connectivity index (χ4n) is 1.79. The molecule has 1 N–H and O–H groups in total. The molecule has 0 atom stereocenters. The first kappa shape index (κ1) is 14.6. The van der Waals surface area contributed by atoms with Gasteiger partial charge in [-0.3, -0.25) is 4.79 Å². The topological polar surface area (TPSA) is 41.5 Å². The molecule has 22 heavy (non-hydrogen) atoms. The second-order valence-electron chi connectivity index (χ2n) is 4.39. The van der Waals surface area contributed by atoms with Crippen LogP contribution in [0.25, 0.3) is 9.75 Å². The Balaban J connectivity index is 1.62. The zero-order valence-corrected chi connectivity index (χ0v) is 13.0. The average molecular weight is 330 g/mol. The zero-order valence-electron chi connectivity index (χ0n) is 11.3. The van der Waals surface area contributed by atoms with Gasteiger partial charge in [-0.2, -0.15) is 5.10 Å². The fraction of sp³-hybridized carbons (Fsp3) is 0. The quantitative estimate of drug-likeness (QED) is 0.560. The maximum Gasteiger partial charge on any atom is 0.271 e. The van der Waals surface area contributed by atoms with Gasteiger partial charge in [-0.25, -0.2) is 9.82 Å². The molecule has 1 aromatic carbocycles. The Morgan fingerprint density at radius 3 is 2.64 bits per heavy atom. The number of carbonyl (C=O) groups excluding carboxylic acids is 1. The first-order chi connectivity index (χ1) is 10.7. The number of hydrogen-bond acceptors (Lipinski definition) is 4. The third-order valence-corrected chi connectivity index (χ3v) is 4.94. The number of amides is 1. The summed E-state index contributed by atoms with van der Waals surface area (Å²) in [6.07, 6.45) is 1.60. The molecule has 110 valence electrons. The first-order valence-corrected chi connectivity index (χ1v) is 8.15. The van der Waals surface area contributed by atoms with Crippen LogP contribution >= 0.6 is 22.7 Å². The Bertz CT molecular complexity index is 792. The Morgan fingerprint density at radius 1 is 1.09 bits per heavy atom. The van der Waals surface area contributed by atoms with Crippen molar-refractivity contribution in [3.63, 3.8) is 0 Å². The van der Waals surface area contributed by atoms with E-state index in [-0.39, 0.29) is 11.7 Å². The van der Waals surface area contributed by atoms with Crippen LogP contribution in [0.1, 0.15) is 15.2 Å². The number of thiophene rings is 2. The van der Waals surface area contributed by atoms with Crippen molar-refractivity contribution < 1.29 is 9.18 Å². The summed E-state index contributed by atoms with van der Waals surface area (Å²) in [5, 5.41) is 5.96. The number of hydrogen-bond donors (Lipinski definition) is 1. The minimum Gasteiger partial charge on any atom is -0.267 e. The van der Waals surface area contributed by atoms with Crippen LogP contribution < -0.4 is 5.43 Å². The lowest BCUT2D eigenvalue weighted by molar-refractivity contribution is 0.0955. The van der Waals surface area contributed by atoms with Crippen molar-refractivity contribution in [2.24, 2.45) is 5.10 Å². The molecule has 0 bridgehead atoms. The minimum atomic E-state index is -0.375. The summed E-state index contributed by atoms with van der Waals surface area (Å²) < 4.78 is 12.8. The highest BCUT2D eigenvalue weighted by atomic mass is 32.1. The van der Waals surface area contributed by atoms with Crippen LogP contribution in [0.5, 0.6) is 0 Å². The third kappa shape index (κ3) is 3.47. The lowest BCUT2D eigenvalue weighted by atomic mass is 10.2. The van der Waals surface area contributed by atoms with Crippen LogP contribution in [-0.4, -0.2) is 12.1 Å². The summed E-state index contributed by atoms with van der Waals surface area (Å²) in [5.41, 5.74) is 2.79. The molecule has 0 aliphatic carbocycles. The SMILES string of the molecule is O=C(N/N=C\c1ccc(-c2cccs2)s1)c1ccc(F)cc1.